The molecule has 0 atom stereocenters. The standard InChI is InChI=1S/C19H21N3O4/c1-5-11-26-19(24)14-22(13-18(23)25-6-2)16-9-7-15(8-10-16)12-17(20-3)21-4/h7-10,12H,5-6,11,13-14H2,1-2H3. The van der Waals surface area contributed by atoms with Gasteiger partial charge >= 0.3 is 17.8 Å². The third kappa shape index (κ3) is 7.06. The zero-order chi connectivity index (χ0) is 19.4. The number of rotatable bonds is 9. The van der Waals surface area contributed by atoms with Crippen LogP contribution in [0.3, 0.4) is 0 Å². The van der Waals surface area contributed by atoms with Gasteiger partial charge in [0, 0.05) is 11.8 Å². The van der Waals surface area contributed by atoms with E-state index in [0.717, 1.165) is 6.42 Å². The molecule has 1 aromatic carbocycles. The van der Waals surface area contributed by atoms with Crippen LogP contribution < -0.4 is 4.90 Å². The predicted molar refractivity (Wildman–Crippen MR) is 97.7 cm³/mol. The van der Waals surface area contributed by atoms with Gasteiger partial charge < -0.3 is 14.4 Å². The van der Waals surface area contributed by atoms with Crippen molar-refractivity contribution in [2.45, 2.75) is 20.3 Å². The SMILES string of the molecule is [C-]#[N+]C(=Cc1ccc(N(CC(=O)OCC)CC(=O)OCCC)cc1)[N+]#[C-]. The lowest BCUT2D eigenvalue weighted by Gasteiger charge is -2.23. The number of hydrogen-bond acceptors (Lipinski definition) is 5. The van der Waals surface area contributed by atoms with Crippen molar-refractivity contribution in [2.24, 2.45) is 0 Å². The molecule has 0 bridgehead atoms. The fraction of sp³-hybridized carbons (Fsp3) is 0.368. The van der Waals surface area contributed by atoms with Crippen molar-refractivity contribution in [3.63, 3.8) is 0 Å². The molecule has 0 radical (unpaired) electrons. The van der Waals surface area contributed by atoms with Crippen LogP contribution in [-0.2, 0) is 19.1 Å². The monoisotopic (exact) mass is 355 g/mol. The Labute approximate surface area is 153 Å². The highest BCUT2D eigenvalue weighted by Gasteiger charge is 2.17. The first-order valence-electron chi connectivity index (χ1n) is 8.16. The van der Waals surface area contributed by atoms with Crippen molar-refractivity contribution < 1.29 is 19.1 Å². The van der Waals surface area contributed by atoms with Crippen LogP contribution in [0.2, 0.25) is 0 Å². The summed E-state index contributed by atoms with van der Waals surface area (Å²) < 4.78 is 10.0. The molecule has 0 unspecified atom stereocenters. The van der Waals surface area contributed by atoms with E-state index in [9.17, 15) is 9.59 Å². The summed E-state index contributed by atoms with van der Waals surface area (Å²) >= 11 is 0. The van der Waals surface area contributed by atoms with Gasteiger partial charge in [0.1, 0.15) is 26.2 Å². The van der Waals surface area contributed by atoms with Gasteiger partial charge in [-0.1, -0.05) is 19.1 Å². The molecule has 0 aromatic heterocycles. The van der Waals surface area contributed by atoms with Crippen molar-refractivity contribution in [1.29, 1.82) is 0 Å². The Bertz CT molecular complexity index is 711. The first-order valence-corrected chi connectivity index (χ1v) is 8.16. The quantitative estimate of drug-likeness (QED) is 0.503. The third-order valence-electron chi connectivity index (χ3n) is 3.20. The fourth-order valence-electron chi connectivity index (χ4n) is 2.04. The zero-order valence-corrected chi connectivity index (χ0v) is 14.9. The number of ether oxygens (including phenoxy) is 2. The van der Waals surface area contributed by atoms with Crippen LogP contribution in [0.25, 0.3) is 15.8 Å². The second-order valence-electron chi connectivity index (χ2n) is 5.20. The van der Waals surface area contributed by atoms with Crippen LogP contribution in [0.15, 0.2) is 30.1 Å². The van der Waals surface area contributed by atoms with E-state index < -0.39 is 11.9 Å². The third-order valence-corrected chi connectivity index (χ3v) is 3.20. The Balaban J connectivity index is 2.96. The first kappa shape index (κ1) is 20.7. The highest BCUT2D eigenvalue weighted by molar-refractivity contribution is 5.81. The Morgan fingerprint density at radius 3 is 2.12 bits per heavy atom. The summed E-state index contributed by atoms with van der Waals surface area (Å²) in [6, 6.07) is 6.84. The van der Waals surface area contributed by atoms with E-state index >= 15 is 0 Å². The number of nitrogens with zero attached hydrogens (tertiary/aromatic N) is 3. The molecule has 0 fully saturated rings. The number of esters is 2. The molecule has 0 N–H and O–H groups in total. The molecule has 26 heavy (non-hydrogen) atoms. The zero-order valence-electron chi connectivity index (χ0n) is 14.9. The number of anilines is 1. The van der Waals surface area contributed by atoms with E-state index in [1.165, 1.54) is 6.08 Å². The van der Waals surface area contributed by atoms with Crippen molar-refractivity contribution in [1.82, 2.24) is 0 Å². The van der Waals surface area contributed by atoms with Crippen molar-refractivity contribution >= 4 is 23.7 Å². The molecule has 0 heterocycles. The van der Waals surface area contributed by atoms with Gasteiger partial charge in [-0.05, 0) is 31.0 Å². The smallest absolute Gasteiger partial charge is 0.465 e. The molecule has 1 rings (SSSR count). The highest BCUT2D eigenvalue weighted by Crippen LogP contribution is 2.18. The van der Waals surface area contributed by atoms with E-state index in [1.807, 2.05) is 6.92 Å². The molecule has 7 nitrogen and oxygen atoms in total. The number of carbonyl (C=O) groups is 2. The molecule has 0 saturated carbocycles. The molecular weight excluding hydrogens is 334 g/mol. The normalized spacial score (nSPS) is 9.38. The molecule has 136 valence electrons. The van der Waals surface area contributed by atoms with Crippen LogP contribution in [0, 0.1) is 13.1 Å². The maximum absolute atomic E-state index is 11.9. The van der Waals surface area contributed by atoms with Gasteiger partial charge in [0.15, 0.2) is 0 Å². The van der Waals surface area contributed by atoms with Crippen LogP contribution in [0.5, 0.6) is 0 Å². The number of hydrogen-bond donors (Lipinski definition) is 0. The Morgan fingerprint density at radius 2 is 1.62 bits per heavy atom. The lowest BCUT2D eigenvalue weighted by Crippen LogP contribution is -2.36. The van der Waals surface area contributed by atoms with Crippen molar-refractivity contribution in [2.75, 3.05) is 31.2 Å². The Morgan fingerprint density at radius 1 is 1.04 bits per heavy atom. The summed E-state index contributed by atoms with van der Waals surface area (Å²) in [7, 11) is 0. The minimum atomic E-state index is -0.442. The molecule has 0 aliphatic heterocycles. The highest BCUT2D eigenvalue weighted by atomic mass is 16.5. The average Bonchev–Trinajstić information content (AvgIpc) is 2.64. The minimum absolute atomic E-state index is 0.0377. The van der Waals surface area contributed by atoms with Gasteiger partial charge in [-0.3, -0.25) is 9.59 Å². The first-order chi connectivity index (χ1) is 12.5. The summed E-state index contributed by atoms with van der Waals surface area (Å²) in [5.41, 5.74) is 1.32. The molecule has 7 heteroatoms. The van der Waals surface area contributed by atoms with Gasteiger partial charge in [-0.25, -0.2) is 0 Å². The summed E-state index contributed by atoms with van der Waals surface area (Å²) in [4.78, 5) is 31.5. The van der Waals surface area contributed by atoms with E-state index in [2.05, 4.69) is 9.69 Å². The van der Waals surface area contributed by atoms with Gasteiger partial charge in [0.05, 0.1) is 13.2 Å². The maximum atomic E-state index is 11.9. The minimum Gasteiger partial charge on any atom is -0.465 e. The van der Waals surface area contributed by atoms with Crippen LogP contribution in [0.1, 0.15) is 25.8 Å². The van der Waals surface area contributed by atoms with Gasteiger partial charge in [-0.15, -0.1) is 0 Å². The molecule has 0 spiro atoms. The number of benzene rings is 1. The number of carbonyl (C=O) groups excluding carboxylic acids is 2. The average molecular weight is 355 g/mol. The van der Waals surface area contributed by atoms with Gasteiger partial charge in [0.25, 0.3) is 0 Å². The molecule has 0 aliphatic carbocycles. The largest absolute Gasteiger partial charge is 0.519 e. The lowest BCUT2D eigenvalue weighted by molar-refractivity contribution is -0.142. The van der Waals surface area contributed by atoms with Gasteiger partial charge in [0.2, 0.25) is 0 Å². The van der Waals surface area contributed by atoms with Crippen LogP contribution >= 0.6 is 0 Å². The predicted octanol–water partition coefficient (Wildman–Crippen LogP) is 3.15. The van der Waals surface area contributed by atoms with E-state index in [-0.39, 0.29) is 25.5 Å². The van der Waals surface area contributed by atoms with Crippen LogP contribution in [0.4, 0.5) is 5.69 Å². The Hall–Kier alpha value is -3.32. The van der Waals surface area contributed by atoms with Gasteiger partial charge in [-0.2, -0.15) is 9.69 Å². The summed E-state index contributed by atoms with van der Waals surface area (Å²) in [5.74, 6) is -0.907. The summed E-state index contributed by atoms with van der Waals surface area (Å²) in [6.07, 6.45) is 2.18. The van der Waals surface area contributed by atoms with E-state index in [0.29, 0.717) is 17.9 Å². The Kier molecular flexibility index (Phi) is 8.98. The van der Waals surface area contributed by atoms with Crippen molar-refractivity contribution in [3.05, 3.63) is 58.5 Å². The molecule has 1 aromatic rings. The second-order valence-corrected chi connectivity index (χ2v) is 5.20. The van der Waals surface area contributed by atoms with Crippen molar-refractivity contribution in [3.8, 4) is 0 Å². The summed E-state index contributed by atoms with van der Waals surface area (Å²) in [5, 5.41) is 0. The maximum Gasteiger partial charge on any atom is 0.519 e. The molecule has 0 amide bonds. The fourth-order valence-corrected chi connectivity index (χ4v) is 2.04. The van der Waals surface area contributed by atoms with E-state index in [4.69, 9.17) is 22.6 Å². The van der Waals surface area contributed by atoms with E-state index in [1.54, 1.807) is 36.1 Å². The molecule has 0 aliphatic rings. The topological polar surface area (TPSA) is 64.6 Å². The lowest BCUT2D eigenvalue weighted by atomic mass is 10.2. The van der Waals surface area contributed by atoms with Crippen LogP contribution in [-0.4, -0.2) is 38.2 Å². The summed E-state index contributed by atoms with van der Waals surface area (Å²) in [6.45, 7) is 17.8. The second kappa shape index (κ2) is 11.3. The molecule has 0 saturated heterocycles. The molecular formula is C19H21N3O4.